The summed E-state index contributed by atoms with van der Waals surface area (Å²) in [6, 6.07) is 180. The number of hydrogen-bond donors (Lipinski definition) is 0. The molecule has 20 aromatic rings. The van der Waals surface area contributed by atoms with Gasteiger partial charge < -0.3 is 9.13 Å². The molecule has 0 aliphatic rings. The lowest BCUT2D eigenvalue weighted by atomic mass is 9.95. The number of benzene rings is 18. The largest absolute Gasteiger partial charge is 0.308 e. The van der Waals surface area contributed by atoms with Gasteiger partial charge >= 0.3 is 0 Å². The van der Waals surface area contributed by atoms with Gasteiger partial charge in [0.25, 0.3) is 0 Å². The number of aromatic nitrogens is 2. The molecule has 20 rings (SSSR count). The molecule has 2 heteroatoms. The third kappa shape index (κ3) is 17.2. The molecule has 2 heterocycles. The molecule has 0 aliphatic carbocycles. The predicted molar refractivity (Wildman–Crippen MR) is 528 cm³/mol. The fourth-order valence-corrected chi connectivity index (χ4v) is 17.1. The zero-order valence-corrected chi connectivity index (χ0v) is 68.7. The highest BCUT2D eigenvalue weighted by molar-refractivity contribution is 6.09. The van der Waals surface area contributed by atoms with Crippen molar-refractivity contribution >= 4 is 79.8 Å². The molecule has 0 saturated carbocycles. The summed E-state index contributed by atoms with van der Waals surface area (Å²) in [6.45, 7) is 0. The highest BCUT2D eigenvalue weighted by atomic mass is 15.0. The number of hydrogen-bond acceptors (Lipinski definition) is 0. The van der Waals surface area contributed by atoms with Crippen molar-refractivity contribution in [1.82, 2.24) is 9.13 Å². The minimum Gasteiger partial charge on any atom is -0.308 e. The van der Waals surface area contributed by atoms with E-state index in [2.05, 4.69) is 543 Å². The molecule has 0 fully saturated rings. The van der Waals surface area contributed by atoms with Gasteiger partial charge in [0.05, 0.1) is 22.8 Å². The molecule has 0 spiro atoms. The first kappa shape index (κ1) is 77.6. The van der Waals surface area contributed by atoms with Crippen LogP contribution in [0.15, 0.2) is 504 Å². The van der Waals surface area contributed by atoms with Crippen LogP contribution in [0.1, 0.15) is 83.5 Å². The zero-order valence-electron chi connectivity index (χ0n) is 68.7. The van der Waals surface area contributed by atoms with Crippen molar-refractivity contribution in [1.29, 1.82) is 0 Å². The number of para-hydroxylation sites is 1. The van der Waals surface area contributed by atoms with Crippen LogP contribution in [0.2, 0.25) is 0 Å². The Morgan fingerprint density at radius 3 is 0.435 bits per heavy atom. The average molecular weight is 1580 g/mol. The summed E-state index contributed by atoms with van der Waals surface area (Å²) in [7, 11) is 0. The van der Waals surface area contributed by atoms with E-state index in [9.17, 15) is 0 Å². The summed E-state index contributed by atoms with van der Waals surface area (Å²) >= 11 is 0. The third-order valence-electron chi connectivity index (χ3n) is 23.1. The van der Waals surface area contributed by atoms with Gasteiger partial charge in [-0.3, -0.25) is 0 Å². The predicted octanol–water partition coefficient (Wildman–Crippen LogP) is 31.9. The second-order valence-corrected chi connectivity index (χ2v) is 31.0. The van der Waals surface area contributed by atoms with Gasteiger partial charge in [0.15, 0.2) is 0 Å². The number of nitrogens with zero attached hydrogens (tertiary/aromatic N) is 2. The van der Waals surface area contributed by atoms with Gasteiger partial charge in [0.2, 0.25) is 0 Å². The average Bonchev–Trinajstić information content (AvgIpc) is 1.59. The first-order valence-electron chi connectivity index (χ1n) is 42.5. The minimum absolute atomic E-state index is 1.09. The zero-order chi connectivity index (χ0) is 83.0. The van der Waals surface area contributed by atoms with E-state index in [-0.39, 0.29) is 0 Å². The van der Waals surface area contributed by atoms with Crippen LogP contribution < -0.4 is 0 Å². The Kier molecular flexibility index (Phi) is 23.1. The summed E-state index contributed by atoms with van der Waals surface area (Å²) in [5.74, 6) is 0. The van der Waals surface area contributed by atoms with Gasteiger partial charge in [-0.2, -0.15) is 0 Å². The molecular formula is C122H88N2. The van der Waals surface area contributed by atoms with Crippen LogP contribution in [-0.4, -0.2) is 9.13 Å². The normalized spacial score (nSPS) is 10.9. The smallest absolute Gasteiger partial charge is 0.0613 e. The van der Waals surface area contributed by atoms with E-state index in [1.807, 2.05) is 0 Å². The highest BCUT2D eigenvalue weighted by Crippen LogP contribution is 2.46. The summed E-state index contributed by atoms with van der Waals surface area (Å²) in [4.78, 5) is 0. The summed E-state index contributed by atoms with van der Waals surface area (Å²) < 4.78 is 4.92. The van der Waals surface area contributed by atoms with Gasteiger partial charge in [-0.25, -0.2) is 0 Å². The molecule has 2 nitrogen and oxygen atoms in total. The van der Waals surface area contributed by atoms with Gasteiger partial charge in [0.1, 0.15) is 0 Å². The van der Waals surface area contributed by atoms with Gasteiger partial charge in [0, 0.05) is 32.9 Å². The number of rotatable bonds is 21. The van der Waals surface area contributed by atoms with Crippen LogP contribution in [-0.2, 0) is 0 Å². The van der Waals surface area contributed by atoms with Crippen molar-refractivity contribution in [2.75, 3.05) is 0 Å². The van der Waals surface area contributed by atoms with Crippen molar-refractivity contribution in [2.45, 2.75) is 0 Å². The van der Waals surface area contributed by atoms with E-state index < -0.39 is 0 Å². The Labute approximate surface area is 727 Å². The Bertz CT molecular complexity index is 6590. The van der Waals surface area contributed by atoms with Crippen LogP contribution in [0.4, 0.5) is 0 Å². The lowest BCUT2D eigenvalue weighted by molar-refractivity contribution is 1.10. The molecule has 124 heavy (non-hydrogen) atoms. The summed E-state index contributed by atoms with van der Waals surface area (Å²) in [5, 5.41) is 4.84. The molecule has 586 valence electrons. The van der Waals surface area contributed by atoms with E-state index in [1.54, 1.807) is 0 Å². The molecule has 0 radical (unpaired) electrons. The maximum absolute atomic E-state index is 2.47. The maximum Gasteiger partial charge on any atom is 0.0613 e. The quantitative estimate of drug-likeness (QED) is 0.0635. The van der Waals surface area contributed by atoms with Crippen molar-refractivity contribution in [3.8, 4) is 56.4 Å². The second-order valence-electron chi connectivity index (χ2n) is 31.0. The van der Waals surface area contributed by atoms with E-state index in [4.69, 9.17) is 0 Å². The SMILES string of the molecule is C(=C(c1ccccc1)c1ccccc1)c1ccc(-c2c3ccccc3c(-c3ccc(C=C(c4ccccc4)c4ccccc4)cc3)n2-c2ccc(C=C(c3ccccc3)c3ccccc3)cc2)cc1.C(=C(c1ccccc1)c1ccccc1)c1ccc(-c2c3ccccc3c(-c3ccc(C=C(c4ccccc4)c4ccccc4)cc3)n2-c2ccccc2)cc1. The lowest BCUT2D eigenvalue weighted by Crippen LogP contribution is -2.00. The van der Waals surface area contributed by atoms with E-state index in [0.29, 0.717) is 0 Å². The third-order valence-corrected chi connectivity index (χ3v) is 23.1. The monoisotopic (exact) mass is 1580 g/mol. The lowest BCUT2D eigenvalue weighted by Gasteiger charge is -2.16. The summed E-state index contributed by atoms with van der Waals surface area (Å²) in [6.07, 6.45) is 11.5. The van der Waals surface area contributed by atoms with Gasteiger partial charge in [-0.05, 0) is 188 Å². The van der Waals surface area contributed by atoms with Crippen molar-refractivity contribution < 1.29 is 0 Å². The van der Waals surface area contributed by atoms with Gasteiger partial charge in [-0.1, -0.05) is 479 Å². The van der Waals surface area contributed by atoms with Crippen molar-refractivity contribution in [2.24, 2.45) is 0 Å². The molecule has 0 bridgehead atoms. The van der Waals surface area contributed by atoms with Crippen LogP contribution in [0.25, 0.3) is 136 Å². The minimum atomic E-state index is 1.09. The fourth-order valence-electron chi connectivity index (χ4n) is 17.1. The van der Waals surface area contributed by atoms with Crippen LogP contribution in [0.5, 0.6) is 0 Å². The molecule has 0 N–H and O–H groups in total. The topological polar surface area (TPSA) is 9.86 Å². The highest BCUT2D eigenvalue weighted by Gasteiger charge is 2.24. The first-order chi connectivity index (χ1) is 61.5. The Morgan fingerprint density at radius 1 is 0.129 bits per heavy atom. The molecule has 0 unspecified atom stereocenters. The van der Waals surface area contributed by atoms with Crippen LogP contribution >= 0.6 is 0 Å². The van der Waals surface area contributed by atoms with Crippen LogP contribution in [0.3, 0.4) is 0 Å². The van der Waals surface area contributed by atoms with E-state index in [1.165, 1.54) is 128 Å². The van der Waals surface area contributed by atoms with Crippen molar-refractivity contribution in [3.05, 3.63) is 587 Å². The molecular weight excluding hydrogens is 1490 g/mol. The van der Waals surface area contributed by atoms with E-state index >= 15 is 0 Å². The molecule has 0 aliphatic heterocycles. The first-order valence-corrected chi connectivity index (χ1v) is 42.5. The number of fused-ring (bicyclic) bond motifs is 2. The Balaban J connectivity index is 0.000000167. The maximum atomic E-state index is 2.47. The van der Waals surface area contributed by atoms with E-state index in [0.717, 1.165) is 61.7 Å². The van der Waals surface area contributed by atoms with Crippen molar-refractivity contribution in [3.63, 3.8) is 0 Å². The second kappa shape index (κ2) is 36.9. The molecule has 2 aromatic heterocycles. The Morgan fingerprint density at radius 2 is 0.266 bits per heavy atom. The molecule has 0 amide bonds. The Hall–Kier alpha value is -16.3. The fraction of sp³-hybridized carbons (Fsp3) is 0. The summed E-state index contributed by atoms with van der Waals surface area (Å²) in [5.41, 5.74) is 35.1. The standard InChI is InChI=1S/C68H49N.C54H39N/c1-7-21-53(22-8-1)64(54-23-9-2-10-24-54)47-50-35-41-59(42-36-50)67-62-33-19-20-34-63(62)68(60-43-37-51(38-44-60)48-65(55-25-11-3-12-26-55)56-27-13-4-14-28-56)69(67)61-45-39-52(40-46-61)49-66(57-29-15-5-16-30-57)58-31-17-6-18-32-58;1-6-18-42(19-7-1)51(43-20-8-2-9-21-43)38-40-30-34-46(35-31-40)53-49-28-16-17-29-50(49)54(55(53)48-26-14-5-15-27-48)47-36-32-41(33-37-47)39-52(44-22-10-3-11-23-44)45-24-12-4-13-25-45/h1-49H;1-39H. The van der Waals surface area contributed by atoms with Crippen LogP contribution in [0, 0.1) is 0 Å². The van der Waals surface area contributed by atoms with Gasteiger partial charge in [-0.15, -0.1) is 0 Å². The molecule has 0 atom stereocenters. The molecule has 0 saturated heterocycles. The molecule has 18 aromatic carbocycles.